The van der Waals surface area contributed by atoms with Gasteiger partial charge in [0.05, 0.1) is 6.10 Å². The summed E-state index contributed by atoms with van der Waals surface area (Å²) in [6.45, 7) is 4.97. The third-order valence-electron chi connectivity index (χ3n) is 8.28. The van der Waals surface area contributed by atoms with E-state index in [1.54, 1.807) is 0 Å². The number of hydrogen-bond donors (Lipinski definition) is 2. The van der Waals surface area contributed by atoms with Crippen molar-refractivity contribution in [3.8, 4) is 0 Å². The monoisotopic (exact) mass is 289 g/mol. The molecule has 0 aliphatic heterocycles. The predicted molar refractivity (Wildman–Crippen MR) is 85.4 cm³/mol. The number of allylic oxidation sites excluding steroid dienone is 2. The van der Waals surface area contributed by atoms with Crippen molar-refractivity contribution in [1.29, 1.82) is 0 Å². The summed E-state index contributed by atoms with van der Waals surface area (Å²) in [5, 5.41) is 10.1. The Morgan fingerprint density at radius 3 is 2.71 bits per heavy atom. The molecule has 0 aromatic heterocycles. The highest BCUT2D eigenvalue weighted by Crippen LogP contribution is 2.65. The first kappa shape index (κ1) is 14.1. The second-order valence-electron chi connectivity index (χ2n) is 8.94. The first-order valence-electron chi connectivity index (χ1n) is 9.09. The van der Waals surface area contributed by atoms with E-state index in [0.29, 0.717) is 10.8 Å². The molecule has 3 fully saturated rings. The van der Waals surface area contributed by atoms with Crippen LogP contribution < -0.4 is 5.73 Å². The average molecular weight is 289 g/mol. The van der Waals surface area contributed by atoms with Gasteiger partial charge in [-0.2, -0.15) is 0 Å². The molecule has 0 heterocycles. The standard InChI is InChI=1S/C19H31NO/c1-18-9-7-13(21)11-12(18)3-4-14-15-5-6-17(20)19(15,2)10-8-16(14)18/h6,12-16,21H,3-5,7-11,20H2,1-2H3/t12-,13-,14-,15-,16-,18-,19-/m0/s1. The van der Waals surface area contributed by atoms with E-state index in [1.165, 1.54) is 44.2 Å². The summed E-state index contributed by atoms with van der Waals surface area (Å²) in [6.07, 6.45) is 12.2. The minimum absolute atomic E-state index is 0.0303. The van der Waals surface area contributed by atoms with Crippen LogP contribution in [0, 0.1) is 34.5 Å². The maximum absolute atomic E-state index is 10.1. The molecule has 0 bridgehead atoms. The van der Waals surface area contributed by atoms with Crippen molar-refractivity contribution < 1.29 is 5.11 Å². The number of nitrogens with two attached hydrogens (primary N) is 1. The van der Waals surface area contributed by atoms with Crippen molar-refractivity contribution in [2.45, 2.75) is 71.3 Å². The molecule has 3 N–H and O–H groups in total. The van der Waals surface area contributed by atoms with Gasteiger partial charge in [-0.3, -0.25) is 0 Å². The summed E-state index contributed by atoms with van der Waals surface area (Å²) in [5.41, 5.74) is 8.31. The first-order valence-corrected chi connectivity index (χ1v) is 9.09. The molecule has 0 unspecified atom stereocenters. The van der Waals surface area contributed by atoms with E-state index >= 15 is 0 Å². The lowest BCUT2D eigenvalue weighted by Gasteiger charge is -2.60. The van der Waals surface area contributed by atoms with E-state index in [2.05, 4.69) is 19.9 Å². The summed E-state index contributed by atoms with van der Waals surface area (Å²) >= 11 is 0. The third kappa shape index (κ3) is 1.81. The Bertz CT molecular complexity index is 472. The summed E-state index contributed by atoms with van der Waals surface area (Å²) < 4.78 is 0. The first-order chi connectivity index (χ1) is 9.95. The van der Waals surface area contributed by atoms with E-state index in [0.717, 1.165) is 36.5 Å². The Balaban J connectivity index is 1.63. The molecule has 2 heteroatoms. The van der Waals surface area contributed by atoms with Crippen LogP contribution in [0.1, 0.15) is 65.2 Å². The second-order valence-corrected chi connectivity index (χ2v) is 8.94. The van der Waals surface area contributed by atoms with Gasteiger partial charge in [0.2, 0.25) is 0 Å². The molecular weight excluding hydrogens is 258 g/mol. The number of rotatable bonds is 0. The van der Waals surface area contributed by atoms with Gasteiger partial charge in [0.15, 0.2) is 0 Å². The Morgan fingerprint density at radius 2 is 1.90 bits per heavy atom. The minimum Gasteiger partial charge on any atom is -0.402 e. The van der Waals surface area contributed by atoms with Gasteiger partial charge in [0.1, 0.15) is 0 Å². The SMILES string of the molecule is C[C@]12CC[C@H](O)C[C@@H]1CC[C@@H]1[C@@H]2CC[C@]2(C)C(N)=CC[C@@H]12. The molecule has 4 aliphatic carbocycles. The number of aliphatic hydroxyl groups excluding tert-OH is 1. The largest absolute Gasteiger partial charge is 0.402 e. The molecule has 0 spiro atoms. The molecule has 0 radical (unpaired) electrons. The molecule has 2 nitrogen and oxygen atoms in total. The predicted octanol–water partition coefficient (Wildman–Crippen LogP) is 3.84. The van der Waals surface area contributed by atoms with Crippen molar-refractivity contribution in [2.75, 3.05) is 0 Å². The van der Waals surface area contributed by atoms with Crippen molar-refractivity contribution in [3.63, 3.8) is 0 Å². The minimum atomic E-state index is -0.0303. The van der Waals surface area contributed by atoms with Crippen LogP contribution in [0.5, 0.6) is 0 Å². The molecule has 0 aromatic carbocycles. The highest BCUT2D eigenvalue weighted by Gasteiger charge is 2.58. The van der Waals surface area contributed by atoms with Gasteiger partial charge >= 0.3 is 0 Å². The quantitative estimate of drug-likeness (QED) is 0.711. The van der Waals surface area contributed by atoms with Gasteiger partial charge in [0, 0.05) is 11.1 Å². The zero-order valence-corrected chi connectivity index (χ0v) is 13.6. The Kier molecular flexibility index (Phi) is 3.03. The zero-order chi connectivity index (χ0) is 14.8. The lowest BCUT2D eigenvalue weighted by molar-refractivity contribution is -0.117. The van der Waals surface area contributed by atoms with E-state index in [9.17, 15) is 5.11 Å². The number of hydrogen-bond acceptors (Lipinski definition) is 2. The lowest BCUT2D eigenvalue weighted by Crippen LogP contribution is -2.54. The van der Waals surface area contributed by atoms with Crippen molar-refractivity contribution in [1.82, 2.24) is 0 Å². The van der Waals surface area contributed by atoms with Crippen LogP contribution in [-0.4, -0.2) is 11.2 Å². The lowest BCUT2D eigenvalue weighted by atomic mass is 9.45. The van der Waals surface area contributed by atoms with E-state index < -0.39 is 0 Å². The van der Waals surface area contributed by atoms with Crippen LogP contribution in [0.4, 0.5) is 0 Å². The van der Waals surface area contributed by atoms with Gasteiger partial charge in [-0.1, -0.05) is 19.9 Å². The second kappa shape index (κ2) is 4.50. The van der Waals surface area contributed by atoms with Crippen LogP contribution in [0.25, 0.3) is 0 Å². The van der Waals surface area contributed by atoms with Crippen molar-refractivity contribution in [2.24, 2.45) is 40.2 Å². The Hall–Kier alpha value is -0.500. The molecule has 118 valence electrons. The summed E-state index contributed by atoms with van der Waals surface area (Å²) in [5.74, 6) is 3.30. The topological polar surface area (TPSA) is 46.2 Å². The number of fused-ring (bicyclic) bond motifs is 5. The van der Waals surface area contributed by atoms with Crippen LogP contribution in [0.15, 0.2) is 11.8 Å². The molecule has 4 rings (SSSR count). The molecule has 0 amide bonds. The van der Waals surface area contributed by atoms with E-state index in [-0.39, 0.29) is 6.10 Å². The molecule has 0 saturated heterocycles. The van der Waals surface area contributed by atoms with Crippen LogP contribution in [0.3, 0.4) is 0 Å². The van der Waals surface area contributed by atoms with Gasteiger partial charge in [-0.05, 0) is 80.5 Å². The maximum atomic E-state index is 10.1. The van der Waals surface area contributed by atoms with Crippen LogP contribution in [-0.2, 0) is 0 Å². The van der Waals surface area contributed by atoms with E-state index in [4.69, 9.17) is 5.73 Å². The highest BCUT2D eigenvalue weighted by atomic mass is 16.3. The highest BCUT2D eigenvalue weighted by molar-refractivity contribution is 5.22. The summed E-state index contributed by atoms with van der Waals surface area (Å²) in [6, 6.07) is 0. The zero-order valence-electron chi connectivity index (χ0n) is 13.6. The van der Waals surface area contributed by atoms with Gasteiger partial charge in [0.25, 0.3) is 0 Å². The van der Waals surface area contributed by atoms with E-state index in [1.807, 2.05) is 0 Å². The van der Waals surface area contributed by atoms with Crippen LogP contribution in [0.2, 0.25) is 0 Å². The Labute approximate surface area is 129 Å². The van der Waals surface area contributed by atoms with Crippen molar-refractivity contribution in [3.05, 3.63) is 11.8 Å². The summed E-state index contributed by atoms with van der Waals surface area (Å²) in [4.78, 5) is 0. The smallest absolute Gasteiger partial charge is 0.0543 e. The normalized spacial score (nSPS) is 56.1. The molecular formula is C19H31NO. The van der Waals surface area contributed by atoms with Gasteiger partial charge in [-0.25, -0.2) is 0 Å². The molecule has 0 aromatic rings. The average Bonchev–Trinajstić information content (AvgIpc) is 2.76. The fourth-order valence-corrected chi connectivity index (χ4v) is 6.84. The molecule has 4 aliphatic rings. The maximum Gasteiger partial charge on any atom is 0.0543 e. The third-order valence-corrected chi connectivity index (χ3v) is 8.28. The number of aliphatic hydroxyl groups is 1. The fraction of sp³-hybridized carbons (Fsp3) is 0.895. The Morgan fingerprint density at radius 1 is 1.10 bits per heavy atom. The van der Waals surface area contributed by atoms with Gasteiger partial charge < -0.3 is 10.8 Å². The van der Waals surface area contributed by atoms with Gasteiger partial charge in [-0.15, -0.1) is 0 Å². The fourth-order valence-electron chi connectivity index (χ4n) is 6.84. The molecule has 7 atom stereocenters. The van der Waals surface area contributed by atoms with Crippen LogP contribution >= 0.6 is 0 Å². The molecule has 3 saturated carbocycles. The molecule has 21 heavy (non-hydrogen) atoms. The van der Waals surface area contributed by atoms with Crippen molar-refractivity contribution >= 4 is 0 Å². The summed E-state index contributed by atoms with van der Waals surface area (Å²) in [7, 11) is 0.